The number of benzene rings is 2. The van der Waals surface area contributed by atoms with Gasteiger partial charge in [0.25, 0.3) is 0 Å². The first-order chi connectivity index (χ1) is 11.5. The molecule has 0 saturated heterocycles. The number of methoxy groups -OCH3 is 2. The van der Waals surface area contributed by atoms with Crippen molar-refractivity contribution in [2.45, 2.75) is 6.92 Å². The Morgan fingerprint density at radius 3 is 2.42 bits per heavy atom. The molecule has 0 atom stereocenters. The van der Waals surface area contributed by atoms with Crippen molar-refractivity contribution >= 4 is 28.7 Å². The Hall–Kier alpha value is -2.67. The van der Waals surface area contributed by atoms with Gasteiger partial charge in [0.15, 0.2) is 5.11 Å². The summed E-state index contributed by atoms with van der Waals surface area (Å²) in [7, 11) is 3.18. The van der Waals surface area contributed by atoms with Crippen molar-refractivity contribution in [2.75, 3.05) is 19.5 Å². The number of nitrogens with one attached hydrogen (secondary N) is 2. The van der Waals surface area contributed by atoms with Gasteiger partial charge in [-0.2, -0.15) is 5.10 Å². The van der Waals surface area contributed by atoms with Gasteiger partial charge in [-0.25, -0.2) is 4.39 Å². The van der Waals surface area contributed by atoms with Gasteiger partial charge in [-0.1, -0.05) is 0 Å². The Balaban J connectivity index is 2.05. The van der Waals surface area contributed by atoms with Crippen molar-refractivity contribution in [3.8, 4) is 11.5 Å². The third-order valence-electron chi connectivity index (χ3n) is 3.23. The van der Waals surface area contributed by atoms with Gasteiger partial charge in [0.05, 0.1) is 19.9 Å². The Labute approximate surface area is 145 Å². The quantitative estimate of drug-likeness (QED) is 0.492. The molecule has 0 amide bonds. The van der Waals surface area contributed by atoms with Crippen molar-refractivity contribution in [3.05, 3.63) is 53.8 Å². The van der Waals surface area contributed by atoms with Gasteiger partial charge in [0.1, 0.15) is 17.3 Å². The minimum absolute atomic E-state index is 0.299. The lowest BCUT2D eigenvalue weighted by Crippen LogP contribution is -2.25. The monoisotopic (exact) mass is 347 g/mol. The number of thiocarbonyl (C=S) groups is 1. The van der Waals surface area contributed by atoms with E-state index in [1.54, 1.807) is 32.4 Å². The van der Waals surface area contributed by atoms with Crippen molar-refractivity contribution in [1.29, 1.82) is 0 Å². The maximum atomic E-state index is 12.9. The van der Waals surface area contributed by atoms with Crippen LogP contribution in [0.5, 0.6) is 11.5 Å². The fourth-order valence-corrected chi connectivity index (χ4v) is 2.15. The number of nitrogens with zero attached hydrogens (tertiary/aromatic N) is 1. The lowest BCUT2D eigenvalue weighted by Gasteiger charge is -2.11. The summed E-state index contributed by atoms with van der Waals surface area (Å²) in [5, 5.41) is 7.46. The van der Waals surface area contributed by atoms with E-state index >= 15 is 0 Å². The molecule has 0 saturated carbocycles. The van der Waals surface area contributed by atoms with E-state index in [0.717, 1.165) is 5.56 Å². The van der Waals surface area contributed by atoms with Crippen molar-refractivity contribution < 1.29 is 13.9 Å². The van der Waals surface area contributed by atoms with Crippen LogP contribution in [0.3, 0.4) is 0 Å². The molecule has 0 aliphatic rings. The molecular weight excluding hydrogens is 329 g/mol. The smallest absolute Gasteiger partial charge is 0.191 e. The second-order valence-corrected chi connectivity index (χ2v) is 5.24. The molecule has 2 rings (SSSR count). The van der Waals surface area contributed by atoms with Gasteiger partial charge in [-0.05, 0) is 55.5 Å². The summed E-state index contributed by atoms with van der Waals surface area (Å²) in [4.78, 5) is 0. The maximum Gasteiger partial charge on any atom is 0.191 e. The molecule has 0 aromatic heterocycles. The molecule has 0 spiro atoms. The molecule has 0 radical (unpaired) electrons. The predicted molar refractivity (Wildman–Crippen MR) is 97.5 cm³/mol. The molecule has 2 aromatic carbocycles. The van der Waals surface area contributed by atoms with E-state index in [9.17, 15) is 4.39 Å². The molecular formula is C17H18FN3O2S. The normalized spacial score (nSPS) is 10.9. The number of anilines is 1. The summed E-state index contributed by atoms with van der Waals surface area (Å²) in [5.74, 6) is 1.04. The van der Waals surface area contributed by atoms with Gasteiger partial charge in [-0.15, -0.1) is 0 Å². The number of rotatable bonds is 5. The van der Waals surface area contributed by atoms with E-state index in [4.69, 9.17) is 21.7 Å². The van der Waals surface area contributed by atoms with Gasteiger partial charge < -0.3 is 14.8 Å². The van der Waals surface area contributed by atoms with Crippen LogP contribution in [0.25, 0.3) is 0 Å². The molecule has 2 aromatic rings. The zero-order chi connectivity index (χ0) is 17.5. The van der Waals surface area contributed by atoms with E-state index in [0.29, 0.717) is 28.0 Å². The van der Waals surface area contributed by atoms with Crippen LogP contribution in [-0.4, -0.2) is 25.0 Å². The van der Waals surface area contributed by atoms with Crippen LogP contribution in [0, 0.1) is 5.82 Å². The second kappa shape index (κ2) is 8.26. The van der Waals surface area contributed by atoms with Crippen LogP contribution in [0.15, 0.2) is 47.6 Å². The van der Waals surface area contributed by atoms with Crippen LogP contribution in [-0.2, 0) is 0 Å². The molecule has 2 N–H and O–H groups in total. The van der Waals surface area contributed by atoms with Crippen LogP contribution in [0.4, 0.5) is 10.1 Å². The predicted octanol–water partition coefficient (Wildman–Crippen LogP) is 3.55. The minimum Gasteiger partial charge on any atom is -0.497 e. The average Bonchev–Trinajstić information content (AvgIpc) is 2.61. The van der Waals surface area contributed by atoms with Gasteiger partial charge in [0, 0.05) is 17.3 Å². The first kappa shape index (κ1) is 17.7. The summed E-state index contributed by atoms with van der Waals surface area (Å²) < 4.78 is 23.4. The number of halogens is 1. The number of hydrogen-bond acceptors (Lipinski definition) is 4. The van der Waals surface area contributed by atoms with Crippen LogP contribution >= 0.6 is 12.2 Å². The van der Waals surface area contributed by atoms with Crippen molar-refractivity contribution in [2.24, 2.45) is 5.10 Å². The fraction of sp³-hybridized carbons (Fsp3) is 0.176. The molecule has 0 unspecified atom stereocenters. The molecule has 126 valence electrons. The van der Waals surface area contributed by atoms with Gasteiger partial charge >= 0.3 is 0 Å². The average molecular weight is 347 g/mol. The molecule has 24 heavy (non-hydrogen) atoms. The Morgan fingerprint density at radius 2 is 1.79 bits per heavy atom. The SMILES string of the molecule is COc1ccc(/C(C)=N\NC(=S)Nc2ccc(F)cc2)c(OC)c1. The maximum absolute atomic E-state index is 12.9. The molecule has 0 aliphatic carbocycles. The van der Waals surface area contributed by atoms with E-state index in [1.807, 2.05) is 19.1 Å². The number of hydrogen-bond donors (Lipinski definition) is 2. The summed E-state index contributed by atoms with van der Waals surface area (Å²) in [6, 6.07) is 11.3. The summed E-state index contributed by atoms with van der Waals surface area (Å²) >= 11 is 5.16. The van der Waals surface area contributed by atoms with Gasteiger partial charge in [0.2, 0.25) is 0 Å². The topological polar surface area (TPSA) is 54.9 Å². The van der Waals surface area contributed by atoms with Crippen molar-refractivity contribution in [1.82, 2.24) is 5.43 Å². The van der Waals surface area contributed by atoms with Crippen LogP contribution < -0.4 is 20.2 Å². The molecule has 0 aliphatic heterocycles. The number of ether oxygens (including phenoxy) is 2. The van der Waals surface area contributed by atoms with E-state index in [1.165, 1.54) is 12.1 Å². The molecule has 0 heterocycles. The van der Waals surface area contributed by atoms with E-state index in [-0.39, 0.29) is 5.82 Å². The molecule has 0 fully saturated rings. The summed E-state index contributed by atoms with van der Waals surface area (Å²) in [6.45, 7) is 1.83. The van der Waals surface area contributed by atoms with Crippen LogP contribution in [0.1, 0.15) is 12.5 Å². The fourth-order valence-electron chi connectivity index (χ4n) is 1.98. The first-order valence-electron chi connectivity index (χ1n) is 7.12. The molecule has 7 heteroatoms. The first-order valence-corrected chi connectivity index (χ1v) is 7.53. The largest absolute Gasteiger partial charge is 0.497 e. The van der Waals surface area contributed by atoms with Crippen LogP contribution in [0.2, 0.25) is 0 Å². The molecule has 0 bridgehead atoms. The highest BCUT2D eigenvalue weighted by Crippen LogP contribution is 2.25. The molecule has 5 nitrogen and oxygen atoms in total. The second-order valence-electron chi connectivity index (χ2n) is 4.84. The van der Waals surface area contributed by atoms with Gasteiger partial charge in [-0.3, -0.25) is 5.43 Å². The minimum atomic E-state index is -0.306. The Kier molecular flexibility index (Phi) is 6.08. The lowest BCUT2D eigenvalue weighted by atomic mass is 10.1. The highest BCUT2D eigenvalue weighted by atomic mass is 32.1. The van der Waals surface area contributed by atoms with E-state index < -0.39 is 0 Å². The highest BCUT2D eigenvalue weighted by molar-refractivity contribution is 7.80. The van der Waals surface area contributed by atoms with Crippen molar-refractivity contribution in [3.63, 3.8) is 0 Å². The summed E-state index contributed by atoms with van der Waals surface area (Å²) in [5.41, 5.74) is 4.93. The Morgan fingerprint density at radius 1 is 1.08 bits per heavy atom. The highest BCUT2D eigenvalue weighted by Gasteiger charge is 2.08. The third-order valence-corrected chi connectivity index (χ3v) is 3.42. The zero-order valence-corrected chi connectivity index (χ0v) is 14.4. The van der Waals surface area contributed by atoms with E-state index in [2.05, 4.69) is 15.8 Å². The number of hydrazone groups is 1. The summed E-state index contributed by atoms with van der Waals surface area (Å²) in [6.07, 6.45) is 0. The lowest BCUT2D eigenvalue weighted by molar-refractivity contribution is 0.394. The zero-order valence-electron chi connectivity index (χ0n) is 13.6. The standard InChI is InChI=1S/C17H18FN3O2S/c1-11(15-9-8-14(22-2)10-16(15)23-3)20-21-17(24)19-13-6-4-12(18)5-7-13/h4-10H,1-3H3,(H2,19,21,24)/b20-11-. The Bertz CT molecular complexity index is 748. The third kappa shape index (κ3) is 4.66.